The number of carbonyl (C=O) groups is 1. The molecule has 4 nitrogen and oxygen atoms in total. The number of anilines is 1. The van der Waals surface area contributed by atoms with Crippen LogP contribution in [0.3, 0.4) is 0 Å². The first-order valence-corrected chi connectivity index (χ1v) is 6.34. The first kappa shape index (κ1) is 12.3. The molecule has 1 aromatic carbocycles. The van der Waals surface area contributed by atoms with Crippen LogP contribution in [0.25, 0.3) is 0 Å². The molecule has 1 N–H and O–H groups in total. The predicted molar refractivity (Wildman–Crippen MR) is 70.2 cm³/mol. The molecule has 0 saturated carbocycles. The van der Waals surface area contributed by atoms with Crippen molar-refractivity contribution in [2.45, 2.75) is 12.8 Å². The number of aromatic nitrogens is 1. The van der Waals surface area contributed by atoms with E-state index in [0.717, 1.165) is 5.01 Å². The van der Waals surface area contributed by atoms with Crippen molar-refractivity contribution < 1.29 is 4.79 Å². The molecule has 1 aromatic heterocycles. The number of benzene rings is 1. The summed E-state index contributed by atoms with van der Waals surface area (Å²) in [6.07, 6.45) is 2.76. The van der Waals surface area contributed by atoms with Crippen LogP contribution in [0.15, 0.2) is 35.8 Å². The zero-order valence-electron chi connectivity index (χ0n) is 9.59. The molecule has 18 heavy (non-hydrogen) atoms. The average Bonchev–Trinajstić information content (AvgIpc) is 2.90. The molecule has 0 atom stereocenters. The fraction of sp³-hybridized carbons (Fsp3) is 0.154. The molecular formula is C13H11N3OS. The van der Waals surface area contributed by atoms with E-state index in [1.165, 1.54) is 0 Å². The first-order valence-electron chi connectivity index (χ1n) is 5.46. The van der Waals surface area contributed by atoms with Gasteiger partial charge in [0.2, 0.25) is 5.91 Å². The number of carbonyl (C=O) groups excluding carboxylic acids is 1. The summed E-state index contributed by atoms with van der Waals surface area (Å²) >= 11 is 1.54. The number of hydrogen-bond acceptors (Lipinski definition) is 4. The Balaban J connectivity index is 1.89. The molecule has 0 aliphatic carbocycles. The Hall–Kier alpha value is -2.19. The zero-order valence-corrected chi connectivity index (χ0v) is 10.4. The van der Waals surface area contributed by atoms with Gasteiger partial charge in [0, 0.05) is 30.1 Å². The highest BCUT2D eigenvalue weighted by Gasteiger charge is 2.04. The third kappa shape index (κ3) is 3.40. The average molecular weight is 257 g/mol. The quantitative estimate of drug-likeness (QED) is 0.915. The standard InChI is InChI=1S/C13H11N3OS/c14-9-10-2-1-3-11(8-10)16-12(17)4-5-13-15-6-7-18-13/h1-3,6-8H,4-5H2,(H,16,17). The molecule has 0 fully saturated rings. The number of thiazole rings is 1. The van der Waals surface area contributed by atoms with Crippen LogP contribution in [0.1, 0.15) is 17.0 Å². The molecule has 0 spiro atoms. The fourth-order valence-electron chi connectivity index (χ4n) is 1.49. The third-order valence-corrected chi connectivity index (χ3v) is 3.16. The molecule has 0 unspecified atom stereocenters. The van der Waals surface area contributed by atoms with Crippen LogP contribution in [0.4, 0.5) is 5.69 Å². The van der Waals surface area contributed by atoms with E-state index in [-0.39, 0.29) is 5.91 Å². The second-order valence-electron chi connectivity index (χ2n) is 3.67. The van der Waals surface area contributed by atoms with Gasteiger partial charge in [0.25, 0.3) is 0 Å². The van der Waals surface area contributed by atoms with E-state index >= 15 is 0 Å². The number of nitriles is 1. The summed E-state index contributed by atoms with van der Waals surface area (Å²) < 4.78 is 0. The highest BCUT2D eigenvalue weighted by atomic mass is 32.1. The molecule has 2 rings (SSSR count). The summed E-state index contributed by atoms with van der Waals surface area (Å²) in [6, 6.07) is 8.90. The minimum atomic E-state index is -0.0692. The van der Waals surface area contributed by atoms with Crippen molar-refractivity contribution >= 4 is 22.9 Å². The van der Waals surface area contributed by atoms with Crippen LogP contribution in [0.2, 0.25) is 0 Å². The maximum atomic E-state index is 11.7. The van der Waals surface area contributed by atoms with Crippen LogP contribution < -0.4 is 5.32 Å². The summed E-state index contributed by atoms with van der Waals surface area (Å²) in [5, 5.41) is 14.4. The van der Waals surface area contributed by atoms with Crippen LogP contribution in [-0.2, 0) is 11.2 Å². The van der Waals surface area contributed by atoms with Gasteiger partial charge in [-0.05, 0) is 18.2 Å². The SMILES string of the molecule is N#Cc1cccc(NC(=O)CCc2nccs2)c1. The number of rotatable bonds is 4. The van der Waals surface area contributed by atoms with Gasteiger partial charge >= 0.3 is 0 Å². The Morgan fingerprint density at radius 2 is 2.39 bits per heavy atom. The second-order valence-corrected chi connectivity index (χ2v) is 4.65. The Bertz CT molecular complexity index is 572. The van der Waals surface area contributed by atoms with Crippen LogP contribution >= 0.6 is 11.3 Å². The molecular weight excluding hydrogens is 246 g/mol. The summed E-state index contributed by atoms with van der Waals surface area (Å²) in [7, 11) is 0. The van der Waals surface area contributed by atoms with Crippen molar-refractivity contribution in [1.82, 2.24) is 4.98 Å². The van der Waals surface area contributed by atoms with Gasteiger partial charge in [0.1, 0.15) is 0 Å². The second kappa shape index (κ2) is 5.94. The lowest BCUT2D eigenvalue weighted by Crippen LogP contribution is -2.12. The van der Waals surface area contributed by atoms with Gasteiger partial charge < -0.3 is 5.32 Å². The van der Waals surface area contributed by atoms with Gasteiger partial charge in [-0.1, -0.05) is 6.07 Å². The van der Waals surface area contributed by atoms with Crippen LogP contribution in [0, 0.1) is 11.3 Å². The molecule has 0 saturated heterocycles. The lowest BCUT2D eigenvalue weighted by Gasteiger charge is -2.04. The molecule has 90 valence electrons. The largest absolute Gasteiger partial charge is 0.326 e. The molecule has 0 bridgehead atoms. The van der Waals surface area contributed by atoms with Crippen molar-refractivity contribution in [3.63, 3.8) is 0 Å². The minimum absolute atomic E-state index is 0.0692. The van der Waals surface area contributed by atoms with Gasteiger partial charge in [-0.3, -0.25) is 4.79 Å². The van der Waals surface area contributed by atoms with Gasteiger partial charge in [-0.25, -0.2) is 4.98 Å². The van der Waals surface area contributed by atoms with Crippen molar-refractivity contribution in [2.75, 3.05) is 5.32 Å². The minimum Gasteiger partial charge on any atom is -0.326 e. The van der Waals surface area contributed by atoms with Gasteiger partial charge in [-0.15, -0.1) is 11.3 Å². The molecule has 0 aliphatic rings. The maximum absolute atomic E-state index is 11.7. The van der Waals surface area contributed by atoms with Crippen molar-refractivity contribution in [3.8, 4) is 6.07 Å². The highest BCUT2D eigenvalue weighted by Crippen LogP contribution is 2.11. The highest BCUT2D eigenvalue weighted by molar-refractivity contribution is 7.09. The zero-order chi connectivity index (χ0) is 12.8. The van der Waals surface area contributed by atoms with Crippen molar-refractivity contribution in [3.05, 3.63) is 46.4 Å². The first-order chi connectivity index (χ1) is 8.78. The molecule has 1 amide bonds. The normalized spacial score (nSPS) is 9.72. The van der Waals surface area contributed by atoms with E-state index < -0.39 is 0 Å². The topological polar surface area (TPSA) is 65.8 Å². The fourth-order valence-corrected chi connectivity index (χ4v) is 2.11. The molecule has 0 aliphatic heterocycles. The summed E-state index contributed by atoms with van der Waals surface area (Å²) in [5.74, 6) is -0.0692. The van der Waals surface area contributed by atoms with Gasteiger partial charge in [0.05, 0.1) is 16.6 Å². The number of amides is 1. The molecule has 0 radical (unpaired) electrons. The van der Waals surface area contributed by atoms with Crippen molar-refractivity contribution in [1.29, 1.82) is 5.26 Å². The van der Waals surface area contributed by atoms with Crippen LogP contribution in [0.5, 0.6) is 0 Å². The lowest BCUT2D eigenvalue weighted by atomic mass is 10.2. The van der Waals surface area contributed by atoms with Crippen LogP contribution in [-0.4, -0.2) is 10.9 Å². The van der Waals surface area contributed by atoms with E-state index in [1.807, 2.05) is 11.4 Å². The predicted octanol–water partition coefficient (Wildman–Crippen LogP) is 2.59. The molecule has 2 aromatic rings. The number of aryl methyl sites for hydroxylation is 1. The monoisotopic (exact) mass is 257 g/mol. The van der Waals surface area contributed by atoms with E-state index in [4.69, 9.17) is 5.26 Å². The lowest BCUT2D eigenvalue weighted by molar-refractivity contribution is -0.116. The van der Waals surface area contributed by atoms with E-state index in [0.29, 0.717) is 24.1 Å². The smallest absolute Gasteiger partial charge is 0.224 e. The van der Waals surface area contributed by atoms with E-state index in [1.54, 1.807) is 41.8 Å². The number of nitrogens with one attached hydrogen (secondary N) is 1. The Kier molecular flexibility index (Phi) is 4.05. The van der Waals surface area contributed by atoms with E-state index in [9.17, 15) is 4.79 Å². The number of nitrogens with zero attached hydrogens (tertiary/aromatic N) is 2. The van der Waals surface area contributed by atoms with Gasteiger partial charge in [-0.2, -0.15) is 5.26 Å². The third-order valence-electron chi connectivity index (χ3n) is 2.32. The summed E-state index contributed by atoms with van der Waals surface area (Å²) in [5.41, 5.74) is 1.19. The molecule has 5 heteroatoms. The van der Waals surface area contributed by atoms with Gasteiger partial charge in [0.15, 0.2) is 0 Å². The summed E-state index contributed by atoms with van der Waals surface area (Å²) in [4.78, 5) is 15.8. The van der Waals surface area contributed by atoms with Crippen molar-refractivity contribution in [2.24, 2.45) is 0 Å². The molecule has 1 heterocycles. The number of hydrogen-bond donors (Lipinski definition) is 1. The Morgan fingerprint density at radius 3 is 3.11 bits per heavy atom. The Morgan fingerprint density at radius 1 is 1.50 bits per heavy atom. The summed E-state index contributed by atoms with van der Waals surface area (Å²) in [6.45, 7) is 0. The van der Waals surface area contributed by atoms with E-state index in [2.05, 4.69) is 10.3 Å². The maximum Gasteiger partial charge on any atom is 0.224 e. The Labute approximate surface area is 109 Å².